The van der Waals surface area contributed by atoms with Crippen LogP contribution in [-0.4, -0.2) is 36.0 Å². The van der Waals surface area contributed by atoms with Gasteiger partial charge in [0.25, 0.3) is 0 Å². The molecule has 0 aromatic rings. The van der Waals surface area contributed by atoms with E-state index in [9.17, 15) is 4.79 Å². The average molecular weight is 184 g/mol. The Balaban J connectivity index is 2.35. The zero-order valence-corrected chi connectivity index (χ0v) is 8.84. The van der Waals surface area contributed by atoms with Crippen LogP contribution in [0.4, 0.5) is 0 Å². The van der Waals surface area contributed by atoms with Crippen LogP contribution in [0.25, 0.3) is 0 Å². The van der Waals surface area contributed by atoms with Crippen molar-refractivity contribution < 1.29 is 4.79 Å². The largest absolute Gasteiger partial charge is 0.339 e. The van der Waals surface area contributed by atoms with Crippen molar-refractivity contribution in [2.24, 2.45) is 0 Å². The van der Waals surface area contributed by atoms with Crippen LogP contribution in [-0.2, 0) is 4.79 Å². The Hall–Kier alpha value is -0.570. The molecule has 0 bridgehead atoms. The maximum Gasteiger partial charge on any atom is 0.219 e. The van der Waals surface area contributed by atoms with Gasteiger partial charge in [-0.3, -0.25) is 4.79 Å². The lowest BCUT2D eigenvalue weighted by Crippen LogP contribution is -2.42. The first-order chi connectivity index (χ1) is 6.11. The second-order valence-electron chi connectivity index (χ2n) is 4.07. The topological polar surface area (TPSA) is 32.3 Å². The summed E-state index contributed by atoms with van der Waals surface area (Å²) in [6, 6.07) is 0.939. The van der Waals surface area contributed by atoms with Gasteiger partial charge in [-0.05, 0) is 12.8 Å². The van der Waals surface area contributed by atoms with E-state index >= 15 is 0 Å². The second kappa shape index (κ2) is 4.61. The molecule has 1 aliphatic heterocycles. The quantitative estimate of drug-likeness (QED) is 0.709. The number of nitrogens with zero attached hydrogens (tertiary/aromatic N) is 1. The van der Waals surface area contributed by atoms with E-state index in [2.05, 4.69) is 19.2 Å². The first-order valence-electron chi connectivity index (χ1n) is 5.12. The van der Waals surface area contributed by atoms with Gasteiger partial charge in [-0.2, -0.15) is 0 Å². The first kappa shape index (κ1) is 10.5. The predicted molar refractivity (Wildman–Crippen MR) is 53.5 cm³/mol. The molecule has 0 aromatic carbocycles. The van der Waals surface area contributed by atoms with Crippen molar-refractivity contribution in [1.29, 1.82) is 0 Å². The number of likely N-dealkylation sites (tertiary alicyclic amines) is 1. The Kier molecular flexibility index (Phi) is 3.72. The minimum absolute atomic E-state index is 0.216. The van der Waals surface area contributed by atoms with Crippen molar-refractivity contribution in [3.05, 3.63) is 0 Å². The molecule has 76 valence electrons. The molecule has 1 unspecified atom stereocenters. The van der Waals surface area contributed by atoms with E-state index in [0.717, 1.165) is 25.9 Å². The Morgan fingerprint density at radius 1 is 1.62 bits per heavy atom. The van der Waals surface area contributed by atoms with Crippen LogP contribution in [0.3, 0.4) is 0 Å². The highest BCUT2D eigenvalue weighted by Crippen LogP contribution is 2.16. The molecule has 3 nitrogen and oxygen atoms in total. The molecule has 1 rings (SSSR count). The zero-order chi connectivity index (χ0) is 9.84. The molecule has 0 spiro atoms. The molecule has 0 saturated carbocycles. The third-order valence-electron chi connectivity index (χ3n) is 2.54. The van der Waals surface area contributed by atoms with Gasteiger partial charge in [0, 0.05) is 32.1 Å². The van der Waals surface area contributed by atoms with E-state index in [4.69, 9.17) is 0 Å². The molecule has 1 heterocycles. The van der Waals surface area contributed by atoms with Crippen molar-refractivity contribution >= 4 is 5.91 Å². The van der Waals surface area contributed by atoms with Gasteiger partial charge < -0.3 is 10.2 Å². The minimum Gasteiger partial charge on any atom is -0.339 e. The average Bonchev–Trinajstić information content (AvgIpc) is 2.47. The first-order valence-corrected chi connectivity index (χ1v) is 5.12. The van der Waals surface area contributed by atoms with Crippen molar-refractivity contribution in [1.82, 2.24) is 10.2 Å². The standard InChI is InChI=1S/C10H20N2O/c1-8(2)11-7-10-5-4-6-12(10)9(3)13/h8,10-11H,4-7H2,1-3H3. The van der Waals surface area contributed by atoms with Gasteiger partial charge >= 0.3 is 0 Å². The van der Waals surface area contributed by atoms with Crippen LogP contribution < -0.4 is 5.32 Å². The predicted octanol–water partition coefficient (Wildman–Crippen LogP) is 0.995. The molecule has 1 N–H and O–H groups in total. The van der Waals surface area contributed by atoms with Crippen LogP contribution in [0.2, 0.25) is 0 Å². The van der Waals surface area contributed by atoms with E-state index in [1.54, 1.807) is 6.92 Å². The van der Waals surface area contributed by atoms with Gasteiger partial charge in [0.15, 0.2) is 0 Å². The summed E-state index contributed by atoms with van der Waals surface area (Å²) >= 11 is 0. The molecule has 1 amide bonds. The van der Waals surface area contributed by atoms with Crippen LogP contribution in [0.1, 0.15) is 33.6 Å². The Morgan fingerprint density at radius 2 is 2.31 bits per heavy atom. The number of carbonyl (C=O) groups is 1. The monoisotopic (exact) mass is 184 g/mol. The van der Waals surface area contributed by atoms with E-state index in [1.165, 1.54) is 0 Å². The summed E-state index contributed by atoms with van der Waals surface area (Å²) in [6.45, 7) is 7.81. The van der Waals surface area contributed by atoms with Gasteiger partial charge in [0.2, 0.25) is 5.91 Å². The molecule has 13 heavy (non-hydrogen) atoms. The lowest BCUT2D eigenvalue weighted by atomic mass is 10.2. The van der Waals surface area contributed by atoms with Gasteiger partial charge in [0.05, 0.1) is 0 Å². The molecule has 1 saturated heterocycles. The molecule has 1 fully saturated rings. The van der Waals surface area contributed by atoms with E-state index in [-0.39, 0.29) is 5.91 Å². The summed E-state index contributed by atoms with van der Waals surface area (Å²) in [5.41, 5.74) is 0. The second-order valence-corrected chi connectivity index (χ2v) is 4.07. The lowest BCUT2D eigenvalue weighted by molar-refractivity contribution is -0.129. The van der Waals surface area contributed by atoms with E-state index < -0.39 is 0 Å². The highest BCUT2D eigenvalue weighted by molar-refractivity contribution is 5.73. The molecular formula is C10H20N2O. The van der Waals surface area contributed by atoms with Crippen LogP contribution >= 0.6 is 0 Å². The summed E-state index contributed by atoms with van der Waals surface area (Å²) in [5, 5.41) is 3.38. The molecule has 1 aliphatic rings. The van der Waals surface area contributed by atoms with Crippen LogP contribution in [0.15, 0.2) is 0 Å². The van der Waals surface area contributed by atoms with Crippen molar-refractivity contribution in [3.63, 3.8) is 0 Å². The number of hydrogen-bond donors (Lipinski definition) is 1. The molecule has 0 aromatic heterocycles. The summed E-state index contributed by atoms with van der Waals surface area (Å²) in [4.78, 5) is 13.2. The lowest BCUT2D eigenvalue weighted by Gasteiger charge is -2.24. The normalized spacial score (nSPS) is 22.8. The molecule has 0 aliphatic carbocycles. The maximum absolute atomic E-state index is 11.2. The third kappa shape index (κ3) is 2.99. The molecular weight excluding hydrogens is 164 g/mol. The summed E-state index contributed by atoms with van der Waals surface area (Å²) in [6.07, 6.45) is 2.31. The minimum atomic E-state index is 0.216. The fraction of sp³-hybridized carbons (Fsp3) is 0.900. The SMILES string of the molecule is CC(=O)N1CCCC1CNC(C)C. The number of nitrogens with one attached hydrogen (secondary N) is 1. The van der Waals surface area contributed by atoms with Crippen molar-refractivity contribution in [3.8, 4) is 0 Å². The van der Waals surface area contributed by atoms with Gasteiger partial charge in [0.1, 0.15) is 0 Å². The van der Waals surface area contributed by atoms with E-state index in [1.807, 2.05) is 4.90 Å². The molecule has 3 heteroatoms. The third-order valence-corrected chi connectivity index (χ3v) is 2.54. The highest BCUT2D eigenvalue weighted by Gasteiger charge is 2.25. The number of carbonyl (C=O) groups excluding carboxylic acids is 1. The number of hydrogen-bond acceptors (Lipinski definition) is 2. The molecule has 1 atom stereocenters. The fourth-order valence-electron chi connectivity index (χ4n) is 1.83. The fourth-order valence-corrected chi connectivity index (χ4v) is 1.83. The number of rotatable bonds is 3. The van der Waals surface area contributed by atoms with Gasteiger partial charge in [-0.25, -0.2) is 0 Å². The maximum atomic E-state index is 11.2. The summed E-state index contributed by atoms with van der Waals surface area (Å²) in [5.74, 6) is 0.216. The highest BCUT2D eigenvalue weighted by atomic mass is 16.2. The smallest absolute Gasteiger partial charge is 0.219 e. The van der Waals surface area contributed by atoms with Gasteiger partial charge in [-0.15, -0.1) is 0 Å². The Morgan fingerprint density at radius 3 is 2.85 bits per heavy atom. The molecule has 0 radical (unpaired) electrons. The van der Waals surface area contributed by atoms with Crippen LogP contribution in [0.5, 0.6) is 0 Å². The van der Waals surface area contributed by atoms with Crippen molar-refractivity contribution in [2.45, 2.75) is 45.7 Å². The van der Waals surface area contributed by atoms with Crippen LogP contribution in [0, 0.1) is 0 Å². The zero-order valence-electron chi connectivity index (χ0n) is 8.84. The van der Waals surface area contributed by atoms with Crippen molar-refractivity contribution in [2.75, 3.05) is 13.1 Å². The summed E-state index contributed by atoms with van der Waals surface area (Å²) in [7, 11) is 0. The van der Waals surface area contributed by atoms with Gasteiger partial charge in [-0.1, -0.05) is 13.8 Å². The Bertz CT molecular complexity index is 180. The Labute approximate surface area is 80.5 Å². The van der Waals surface area contributed by atoms with E-state index in [0.29, 0.717) is 12.1 Å². The number of amides is 1. The summed E-state index contributed by atoms with van der Waals surface area (Å²) < 4.78 is 0.